The summed E-state index contributed by atoms with van der Waals surface area (Å²) in [4.78, 5) is 7.07. The van der Waals surface area contributed by atoms with Gasteiger partial charge in [-0.1, -0.05) is 0 Å². The van der Waals surface area contributed by atoms with Crippen molar-refractivity contribution >= 4 is 5.78 Å². The van der Waals surface area contributed by atoms with Gasteiger partial charge in [0.15, 0.2) is 0 Å². The molecule has 0 aromatic carbocycles. The zero-order chi connectivity index (χ0) is 10.2. The van der Waals surface area contributed by atoms with Crippen LogP contribution in [-0.4, -0.2) is 25.9 Å². The Morgan fingerprint density at radius 2 is 2.14 bits per heavy atom. The summed E-state index contributed by atoms with van der Waals surface area (Å²) in [6, 6.07) is 0.746. The van der Waals surface area contributed by atoms with Crippen LogP contribution < -0.4 is 4.74 Å². The van der Waals surface area contributed by atoms with Gasteiger partial charge in [-0.05, 0) is 6.07 Å². The van der Waals surface area contributed by atoms with Gasteiger partial charge in [-0.2, -0.15) is 4.98 Å². The van der Waals surface area contributed by atoms with Gasteiger partial charge in [0.05, 0.1) is 0 Å². The van der Waals surface area contributed by atoms with Crippen molar-refractivity contribution in [3.63, 3.8) is 0 Å². The normalized spacial score (nSPS) is 11.9. The topological polar surface area (TPSA) is 52.3 Å². The van der Waals surface area contributed by atoms with Crippen LogP contribution in [-0.2, 0) is 0 Å². The minimum Gasteiger partial charge on any atom is -0.369 e. The molecular weight excluding hydrogens is 201 g/mol. The van der Waals surface area contributed by atoms with Crippen LogP contribution in [0.25, 0.3) is 5.78 Å². The van der Waals surface area contributed by atoms with Crippen molar-refractivity contribution in [3.05, 3.63) is 18.5 Å². The first kappa shape index (κ1) is 8.73. The minimum absolute atomic E-state index is 0.0479. The molecule has 0 aliphatic carbocycles. The zero-order valence-corrected chi connectivity index (χ0v) is 6.56. The maximum atomic E-state index is 11.7. The second-order valence-electron chi connectivity index (χ2n) is 2.31. The van der Waals surface area contributed by atoms with Crippen LogP contribution in [0.15, 0.2) is 18.5 Å². The number of hydrogen-bond donors (Lipinski definition) is 0. The lowest BCUT2D eigenvalue weighted by molar-refractivity contribution is -0.277. The van der Waals surface area contributed by atoms with Crippen LogP contribution in [0.2, 0.25) is 0 Å². The highest BCUT2D eigenvalue weighted by Gasteiger charge is 2.33. The summed E-state index contributed by atoms with van der Waals surface area (Å²) < 4.78 is 39.8. The lowest BCUT2D eigenvalue weighted by atomic mass is 10.7. The first-order chi connectivity index (χ1) is 6.54. The highest BCUT2D eigenvalue weighted by atomic mass is 19.4. The highest BCUT2D eigenvalue weighted by molar-refractivity contribution is 5.26. The highest BCUT2D eigenvalue weighted by Crippen LogP contribution is 2.18. The molecule has 0 N–H and O–H groups in total. The smallest absolute Gasteiger partial charge is 0.369 e. The SMILES string of the molecule is FC(F)(F)Oc1nc2ncccn2n1. The summed E-state index contributed by atoms with van der Waals surface area (Å²) in [6.07, 6.45) is -1.98. The van der Waals surface area contributed by atoms with Gasteiger partial charge >= 0.3 is 12.4 Å². The molecule has 2 rings (SSSR count). The fraction of sp³-hybridized carbons (Fsp3) is 0.167. The largest absolute Gasteiger partial charge is 0.575 e. The van der Waals surface area contributed by atoms with E-state index in [1.807, 2.05) is 0 Å². The van der Waals surface area contributed by atoms with Crippen molar-refractivity contribution in [2.75, 3.05) is 0 Å². The number of rotatable bonds is 1. The molecule has 0 radical (unpaired) electrons. The van der Waals surface area contributed by atoms with E-state index in [4.69, 9.17) is 0 Å². The lowest BCUT2D eigenvalue weighted by Crippen LogP contribution is -2.18. The van der Waals surface area contributed by atoms with Gasteiger partial charge in [0.2, 0.25) is 0 Å². The second-order valence-corrected chi connectivity index (χ2v) is 2.31. The molecule has 2 aromatic rings. The molecule has 2 heterocycles. The van der Waals surface area contributed by atoms with Gasteiger partial charge in [-0.25, -0.2) is 9.50 Å². The predicted molar refractivity (Wildman–Crippen MR) is 37.5 cm³/mol. The van der Waals surface area contributed by atoms with E-state index < -0.39 is 12.4 Å². The summed E-state index contributed by atoms with van der Waals surface area (Å²) in [6.45, 7) is 0. The van der Waals surface area contributed by atoms with Crippen molar-refractivity contribution in [1.82, 2.24) is 19.6 Å². The molecule has 2 aromatic heterocycles. The van der Waals surface area contributed by atoms with Gasteiger partial charge in [0, 0.05) is 12.4 Å². The monoisotopic (exact) mass is 204 g/mol. The summed E-state index contributed by atoms with van der Waals surface area (Å²) in [7, 11) is 0. The fourth-order valence-corrected chi connectivity index (χ4v) is 0.860. The van der Waals surface area contributed by atoms with Crippen LogP contribution in [0.4, 0.5) is 13.2 Å². The summed E-state index contributed by atoms with van der Waals surface area (Å²) in [5, 5.41) is 3.40. The molecule has 0 spiro atoms. The van der Waals surface area contributed by atoms with Crippen LogP contribution in [0.1, 0.15) is 0 Å². The van der Waals surface area contributed by atoms with Crippen molar-refractivity contribution in [2.45, 2.75) is 6.36 Å². The maximum Gasteiger partial charge on any atom is 0.575 e. The number of halogens is 3. The zero-order valence-electron chi connectivity index (χ0n) is 6.56. The van der Waals surface area contributed by atoms with E-state index in [1.165, 1.54) is 18.5 Å². The van der Waals surface area contributed by atoms with Crippen LogP contribution >= 0.6 is 0 Å². The first-order valence-corrected chi connectivity index (χ1v) is 3.48. The van der Waals surface area contributed by atoms with Crippen LogP contribution in [0.3, 0.4) is 0 Å². The molecule has 8 heteroatoms. The minimum atomic E-state index is -4.79. The Bertz CT molecular complexity index is 419. The Hall–Kier alpha value is -1.86. The van der Waals surface area contributed by atoms with Gasteiger partial charge < -0.3 is 4.74 Å². The van der Waals surface area contributed by atoms with E-state index in [1.54, 1.807) is 0 Å². The first-order valence-electron chi connectivity index (χ1n) is 3.48. The second kappa shape index (κ2) is 2.82. The predicted octanol–water partition coefficient (Wildman–Crippen LogP) is 1.02. The molecule has 0 amide bonds. The molecule has 14 heavy (non-hydrogen) atoms. The van der Waals surface area contributed by atoms with Gasteiger partial charge in [-0.15, -0.1) is 18.3 Å². The molecule has 0 saturated heterocycles. The number of fused-ring (bicyclic) bond motifs is 1. The van der Waals surface area contributed by atoms with E-state index in [-0.39, 0.29) is 5.78 Å². The number of nitrogens with zero attached hydrogens (tertiary/aromatic N) is 4. The third-order valence-corrected chi connectivity index (χ3v) is 1.30. The molecule has 0 aliphatic rings. The van der Waals surface area contributed by atoms with E-state index >= 15 is 0 Å². The Balaban J connectivity index is 2.36. The number of hydrogen-bond acceptors (Lipinski definition) is 4. The molecule has 0 unspecified atom stereocenters. The number of alkyl halides is 3. The molecular formula is C6H3F3N4O. The average molecular weight is 204 g/mol. The van der Waals surface area contributed by atoms with Crippen molar-refractivity contribution in [1.29, 1.82) is 0 Å². The third-order valence-electron chi connectivity index (χ3n) is 1.30. The summed E-state index contributed by atoms with van der Waals surface area (Å²) in [5.74, 6) is 0.0479. The standard InChI is InChI=1S/C6H3F3N4O/c7-6(8,9)14-5-11-4-10-2-1-3-13(4)12-5/h1-3H. The molecule has 5 nitrogen and oxygen atoms in total. The molecule has 74 valence electrons. The van der Waals surface area contributed by atoms with Gasteiger partial charge in [0.1, 0.15) is 0 Å². The molecule has 0 fully saturated rings. The van der Waals surface area contributed by atoms with E-state index in [2.05, 4.69) is 19.8 Å². The Kier molecular flexibility index (Phi) is 1.76. The van der Waals surface area contributed by atoms with Crippen LogP contribution in [0.5, 0.6) is 6.01 Å². The van der Waals surface area contributed by atoms with E-state index in [9.17, 15) is 13.2 Å². The Morgan fingerprint density at radius 1 is 1.36 bits per heavy atom. The quantitative estimate of drug-likeness (QED) is 0.695. The molecule has 0 aliphatic heterocycles. The average Bonchev–Trinajstić information content (AvgIpc) is 2.42. The fourth-order valence-electron chi connectivity index (χ4n) is 0.860. The molecule has 0 atom stereocenters. The van der Waals surface area contributed by atoms with E-state index in [0.717, 1.165) is 4.52 Å². The number of ether oxygens (including phenoxy) is 1. The van der Waals surface area contributed by atoms with Crippen molar-refractivity contribution in [3.8, 4) is 6.01 Å². The van der Waals surface area contributed by atoms with Gasteiger partial charge in [-0.3, -0.25) is 0 Å². The van der Waals surface area contributed by atoms with Gasteiger partial charge in [0.25, 0.3) is 5.78 Å². The van der Waals surface area contributed by atoms with Crippen molar-refractivity contribution < 1.29 is 17.9 Å². The summed E-state index contributed by atoms with van der Waals surface area (Å²) in [5.41, 5.74) is 0. The van der Waals surface area contributed by atoms with Crippen LogP contribution in [0, 0.1) is 0 Å². The molecule has 0 bridgehead atoms. The van der Waals surface area contributed by atoms with Crippen molar-refractivity contribution in [2.24, 2.45) is 0 Å². The lowest BCUT2D eigenvalue weighted by Gasteiger charge is -2.02. The molecule has 0 saturated carbocycles. The maximum absolute atomic E-state index is 11.7. The van der Waals surface area contributed by atoms with E-state index in [0.29, 0.717) is 0 Å². The Morgan fingerprint density at radius 3 is 2.79 bits per heavy atom. The Labute approximate surface area is 75.2 Å². The summed E-state index contributed by atoms with van der Waals surface area (Å²) >= 11 is 0. The number of aromatic nitrogens is 4. The third kappa shape index (κ3) is 1.73.